The quantitative estimate of drug-likeness (QED) is 0.744. The lowest BCUT2D eigenvalue weighted by molar-refractivity contribution is 0.0962. The van der Waals surface area contributed by atoms with Gasteiger partial charge in [-0.05, 0) is 36.8 Å². The summed E-state index contributed by atoms with van der Waals surface area (Å²) in [6, 6.07) is 13.8. The van der Waals surface area contributed by atoms with E-state index in [1.165, 1.54) is 16.4 Å². The molecule has 0 aliphatic rings. The molecule has 0 aliphatic heterocycles. The number of nitrogens with one attached hydrogen (secondary N) is 2. The molecule has 25 heavy (non-hydrogen) atoms. The third kappa shape index (κ3) is 4.37. The van der Waals surface area contributed by atoms with Gasteiger partial charge in [-0.3, -0.25) is 15.6 Å². The van der Waals surface area contributed by atoms with Crippen LogP contribution in [-0.2, 0) is 10.0 Å². The van der Waals surface area contributed by atoms with Crippen LogP contribution in [0.1, 0.15) is 29.8 Å². The maximum atomic E-state index is 12.6. The van der Waals surface area contributed by atoms with Crippen LogP contribution in [0.2, 0.25) is 0 Å². The molecular weight excluding hydrogens is 338 g/mol. The van der Waals surface area contributed by atoms with E-state index in [0.29, 0.717) is 24.2 Å². The molecule has 0 aromatic heterocycles. The van der Waals surface area contributed by atoms with Gasteiger partial charge in [-0.25, -0.2) is 8.42 Å². The third-order valence-electron chi connectivity index (χ3n) is 3.89. The number of hydrogen-bond donors (Lipinski definition) is 2. The number of nitrogens with zero attached hydrogens (tertiary/aromatic N) is 1. The third-order valence-corrected chi connectivity index (χ3v) is 5.94. The predicted molar refractivity (Wildman–Crippen MR) is 98.8 cm³/mol. The molecule has 2 aromatic rings. The van der Waals surface area contributed by atoms with Gasteiger partial charge in [0.25, 0.3) is 5.91 Å². The summed E-state index contributed by atoms with van der Waals surface area (Å²) in [6.45, 7) is 6.10. The molecule has 0 bridgehead atoms. The van der Waals surface area contributed by atoms with E-state index in [4.69, 9.17) is 0 Å². The SMILES string of the molecule is CCN(CC)S(=O)(=O)c1ccc(C)c(C(=O)NNc2ccccc2)c1. The number of anilines is 1. The van der Waals surface area contributed by atoms with Crippen molar-refractivity contribution in [2.45, 2.75) is 25.7 Å². The fourth-order valence-corrected chi connectivity index (χ4v) is 3.92. The van der Waals surface area contributed by atoms with Crippen molar-refractivity contribution in [3.8, 4) is 0 Å². The Bertz CT molecular complexity index is 832. The van der Waals surface area contributed by atoms with Crippen molar-refractivity contribution in [3.63, 3.8) is 0 Å². The Balaban J connectivity index is 2.25. The fourth-order valence-electron chi connectivity index (χ4n) is 2.44. The highest BCUT2D eigenvalue weighted by molar-refractivity contribution is 7.89. The smallest absolute Gasteiger partial charge is 0.269 e. The number of rotatable bonds is 7. The van der Waals surface area contributed by atoms with Gasteiger partial charge in [0.15, 0.2) is 0 Å². The molecule has 0 atom stereocenters. The van der Waals surface area contributed by atoms with E-state index in [-0.39, 0.29) is 4.90 Å². The first-order chi connectivity index (χ1) is 11.9. The fraction of sp³-hybridized carbons (Fsp3) is 0.278. The molecule has 7 heteroatoms. The zero-order chi connectivity index (χ0) is 18.4. The number of amides is 1. The van der Waals surface area contributed by atoms with E-state index in [9.17, 15) is 13.2 Å². The van der Waals surface area contributed by atoms with Crippen LogP contribution in [0.3, 0.4) is 0 Å². The van der Waals surface area contributed by atoms with Gasteiger partial charge < -0.3 is 0 Å². The first kappa shape index (κ1) is 19.0. The van der Waals surface area contributed by atoms with Gasteiger partial charge in [0.1, 0.15) is 0 Å². The Morgan fingerprint density at radius 2 is 1.68 bits per heavy atom. The van der Waals surface area contributed by atoms with Gasteiger partial charge in [0.05, 0.1) is 10.6 Å². The minimum atomic E-state index is -3.61. The second-order valence-corrected chi connectivity index (χ2v) is 7.45. The molecule has 0 radical (unpaired) electrons. The van der Waals surface area contributed by atoms with Crippen LogP contribution in [0.15, 0.2) is 53.4 Å². The average Bonchev–Trinajstić information content (AvgIpc) is 2.61. The topological polar surface area (TPSA) is 78.5 Å². The maximum absolute atomic E-state index is 12.6. The molecule has 0 unspecified atom stereocenters. The molecule has 2 rings (SSSR count). The van der Waals surface area contributed by atoms with Crippen LogP contribution in [-0.4, -0.2) is 31.7 Å². The van der Waals surface area contributed by atoms with Crippen LogP contribution in [0.25, 0.3) is 0 Å². The van der Waals surface area contributed by atoms with Crippen molar-refractivity contribution < 1.29 is 13.2 Å². The minimum absolute atomic E-state index is 0.117. The molecule has 0 saturated heterocycles. The summed E-state index contributed by atoms with van der Waals surface area (Å²) in [5.41, 5.74) is 7.16. The van der Waals surface area contributed by atoms with Gasteiger partial charge in [-0.2, -0.15) is 4.31 Å². The molecule has 134 valence electrons. The van der Waals surface area contributed by atoms with E-state index in [0.717, 1.165) is 5.69 Å². The van der Waals surface area contributed by atoms with Crippen molar-refractivity contribution in [3.05, 3.63) is 59.7 Å². The Kier molecular flexibility index (Phi) is 6.17. The number of sulfonamides is 1. The highest BCUT2D eigenvalue weighted by Gasteiger charge is 2.23. The lowest BCUT2D eigenvalue weighted by atomic mass is 10.1. The Hall–Kier alpha value is -2.38. The average molecular weight is 361 g/mol. The maximum Gasteiger partial charge on any atom is 0.269 e. The first-order valence-electron chi connectivity index (χ1n) is 8.12. The molecule has 0 spiro atoms. The normalized spacial score (nSPS) is 11.4. The summed E-state index contributed by atoms with van der Waals surface area (Å²) in [5.74, 6) is -0.391. The zero-order valence-corrected chi connectivity index (χ0v) is 15.4. The Morgan fingerprint density at radius 1 is 1.04 bits per heavy atom. The van der Waals surface area contributed by atoms with Gasteiger partial charge >= 0.3 is 0 Å². The summed E-state index contributed by atoms with van der Waals surface area (Å²) in [4.78, 5) is 12.6. The molecular formula is C18H23N3O3S. The number of aryl methyl sites for hydroxylation is 1. The summed E-state index contributed by atoms with van der Waals surface area (Å²) in [7, 11) is -3.61. The van der Waals surface area contributed by atoms with E-state index in [2.05, 4.69) is 10.9 Å². The Morgan fingerprint density at radius 3 is 2.28 bits per heavy atom. The molecule has 0 heterocycles. The van der Waals surface area contributed by atoms with Crippen LogP contribution in [0.4, 0.5) is 5.69 Å². The molecule has 2 aromatic carbocycles. The van der Waals surface area contributed by atoms with Crippen molar-refractivity contribution in [2.24, 2.45) is 0 Å². The minimum Gasteiger partial charge on any atom is -0.298 e. The highest BCUT2D eigenvalue weighted by atomic mass is 32.2. The monoisotopic (exact) mass is 361 g/mol. The van der Waals surface area contributed by atoms with Gasteiger partial charge in [0, 0.05) is 18.7 Å². The van der Waals surface area contributed by atoms with Crippen molar-refractivity contribution in [2.75, 3.05) is 18.5 Å². The number of hydrogen-bond acceptors (Lipinski definition) is 4. The van der Waals surface area contributed by atoms with Crippen LogP contribution in [0, 0.1) is 6.92 Å². The second-order valence-electron chi connectivity index (χ2n) is 5.51. The van der Waals surface area contributed by atoms with Crippen molar-refractivity contribution >= 4 is 21.6 Å². The number of benzene rings is 2. The standard InChI is InChI=1S/C18H23N3O3S/c1-4-21(5-2)25(23,24)16-12-11-14(3)17(13-16)18(22)20-19-15-9-7-6-8-10-15/h6-13,19H,4-5H2,1-3H3,(H,20,22). The Labute approximate surface area is 148 Å². The number of carbonyl (C=O) groups excluding carboxylic acids is 1. The van der Waals surface area contributed by atoms with Crippen molar-refractivity contribution in [1.29, 1.82) is 0 Å². The lowest BCUT2D eigenvalue weighted by Gasteiger charge is -2.19. The van der Waals surface area contributed by atoms with E-state index < -0.39 is 15.9 Å². The molecule has 1 amide bonds. The molecule has 6 nitrogen and oxygen atoms in total. The van der Waals surface area contributed by atoms with Gasteiger partial charge in [-0.1, -0.05) is 38.1 Å². The molecule has 0 fully saturated rings. The van der Waals surface area contributed by atoms with E-state index in [1.807, 2.05) is 30.3 Å². The number of carbonyl (C=O) groups is 1. The highest BCUT2D eigenvalue weighted by Crippen LogP contribution is 2.19. The van der Waals surface area contributed by atoms with Crippen molar-refractivity contribution in [1.82, 2.24) is 9.73 Å². The number of para-hydroxylation sites is 1. The summed E-state index contributed by atoms with van der Waals surface area (Å²) in [6.07, 6.45) is 0. The largest absolute Gasteiger partial charge is 0.298 e. The van der Waals surface area contributed by atoms with E-state index >= 15 is 0 Å². The summed E-state index contributed by atoms with van der Waals surface area (Å²) >= 11 is 0. The van der Waals surface area contributed by atoms with Gasteiger partial charge in [0.2, 0.25) is 10.0 Å². The number of hydrazine groups is 1. The van der Waals surface area contributed by atoms with Gasteiger partial charge in [-0.15, -0.1) is 0 Å². The van der Waals surface area contributed by atoms with Crippen LogP contribution < -0.4 is 10.9 Å². The summed E-state index contributed by atoms with van der Waals surface area (Å²) in [5, 5.41) is 0. The first-order valence-corrected chi connectivity index (χ1v) is 9.56. The molecule has 2 N–H and O–H groups in total. The zero-order valence-electron chi connectivity index (χ0n) is 14.6. The lowest BCUT2D eigenvalue weighted by Crippen LogP contribution is -2.32. The van der Waals surface area contributed by atoms with Crippen LogP contribution >= 0.6 is 0 Å². The molecule has 0 saturated carbocycles. The predicted octanol–water partition coefficient (Wildman–Crippen LogP) is 2.78. The molecule has 0 aliphatic carbocycles. The second kappa shape index (κ2) is 8.13. The van der Waals surface area contributed by atoms with Crippen LogP contribution in [0.5, 0.6) is 0 Å². The van der Waals surface area contributed by atoms with E-state index in [1.54, 1.807) is 26.8 Å². The summed E-state index contributed by atoms with van der Waals surface area (Å²) < 4.78 is 26.6.